The van der Waals surface area contributed by atoms with E-state index in [4.69, 9.17) is 5.11 Å². The van der Waals surface area contributed by atoms with E-state index in [1.807, 2.05) is 19.0 Å². The van der Waals surface area contributed by atoms with Crippen LogP contribution in [0, 0.1) is 0 Å². The number of aliphatic carboxylic acids is 1. The van der Waals surface area contributed by atoms with E-state index in [1.165, 1.54) is 7.11 Å². The molecule has 0 rings (SSSR count). The zero-order valence-electron chi connectivity index (χ0n) is 9.32. The Bertz CT molecular complexity index is 218. The second kappa shape index (κ2) is 7.19. The molecule has 0 saturated carbocycles. The highest BCUT2D eigenvalue weighted by Crippen LogP contribution is 1.89. The normalized spacial score (nSPS) is 12.5. The molecule has 15 heavy (non-hydrogen) atoms. The van der Waals surface area contributed by atoms with Crippen molar-refractivity contribution in [2.45, 2.75) is 12.5 Å². The van der Waals surface area contributed by atoms with Crippen LogP contribution in [0.3, 0.4) is 0 Å². The van der Waals surface area contributed by atoms with Crippen LogP contribution in [0.2, 0.25) is 0 Å². The van der Waals surface area contributed by atoms with Gasteiger partial charge in [-0.3, -0.25) is 4.79 Å². The van der Waals surface area contributed by atoms with Crippen LogP contribution in [0.15, 0.2) is 0 Å². The number of hydrogen-bond donors (Lipinski definition) is 2. The molecule has 0 saturated heterocycles. The summed E-state index contributed by atoms with van der Waals surface area (Å²) in [5.41, 5.74) is 0. The molecular weight excluding hydrogens is 200 g/mol. The Labute approximate surface area is 89.2 Å². The number of hydrogen-bond acceptors (Lipinski definition) is 4. The lowest BCUT2D eigenvalue weighted by Crippen LogP contribution is -2.38. The number of ether oxygens (including phenoxy) is 1. The van der Waals surface area contributed by atoms with Crippen LogP contribution in [0.4, 0.5) is 0 Å². The summed E-state index contributed by atoms with van der Waals surface area (Å²) in [4.78, 5) is 23.6. The number of carbonyl (C=O) groups is 2. The molecule has 6 heteroatoms. The quantitative estimate of drug-likeness (QED) is 0.582. The standard InChI is InChI=1S/C9H18N2O4/c1-11(2)5-4-8(12)10-6-7(15-3)9(13)14/h7H,4-6H2,1-3H3,(H,10,12)(H,13,14). The lowest BCUT2D eigenvalue weighted by Gasteiger charge is -2.12. The van der Waals surface area contributed by atoms with E-state index >= 15 is 0 Å². The van der Waals surface area contributed by atoms with E-state index in [9.17, 15) is 9.59 Å². The Morgan fingerprint density at radius 1 is 1.47 bits per heavy atom. The van der Waals surface area contributed by atoms with Crippen molar-refractivity contribution in [1.82, 2.24) is 10.2 Å². The zero-order chi connectivity index (χ0) is 11.8. The Hall–Kier alpha value is -1.14. The minimum Gasteiger partial charge on any atom is -0.479 e. The van der Waals surface area contributed by atoms with Gasteiger partial charge in [0.05, 0.1) is 6.54 Å². The predicted molar refractivity (Wildman–Crippen MR) is 54.6 cm³/mol. The molecule has 0 aromatic heterocycles. The second-order valence-corrected chi connectivity index (χ2v) is 3.42. The highest BCUT2D eigenvalue weighted by atomic mass is 16.5. The van der Waals surface area contributed by atoms with Crippen LogP contribution in [-0.4, -0.2) is 62.3 Å². The maximum Gasteiger partial charge on any atom is 0.334 e. The number of carboxylic acids is 1. The van der Waals surface area contributed by atoms with Gasteiger partial charge in [-0.2, -0.15) is 0 Å². The maximum atomic E-state index is 11.2. The lowest BCUT2D eigenvalue weighted by atomic mass is 10.3. The molecule has 0 aromatic rings. The van der Waals surface area contributed by atoms with Gasteiger partial charge in [-0.1, -0.05) is 0 Å². The molecular formula is C9H18N2O4. The largest absolute Gasteiger partial charge is 0.479 e. The van der Waals surface area contributed by atoms with Crippen LogP contribution in [0.25, 0.3) is 0 Å². The minimum absolute atomic E-state index is 0.00189. The molecule has 1 unspecified atom stereocenters. The van der Waals surface area contributed by atoms with Crippen LogP contribution in [-0.2, 0) is 14.3 Å². The summed E-state index contributed by atoms with van der Waals surface area (Å²) in [5.74, 6) is -1.25. The van der Waals surface area contributed by atoms with Crippen molar-refractivity contribution in [2.75, 3.05) is 34.3 Å². The Morgan fingerprint density at radius 2 is 2.07 bits per heavy atom. The van der Waals surface area contributed by atoms with Crippen LogP contribution in [0.5, 0.6) is 0 Å². The molecule has 0 bridgehead atoms. The molecule has 0 heterocycles. The van der Waals surface area contributed by atoms with Gasteiger partial charge in [0.2, 0.25) is 5.91 Å². The summed E-state index contributed by atoms with van der Waals surface area (Å²) in [6.45, 7) is 0.634. The molecule has 88 valence electrons. The van der Waals surface area contributed by atoms with Crippen LogP contribution in [0.1, 0.15) is 6.42 Å². The van der Waals surface area contributed by atoms with E-state index in [1.54, 1.807) is 0 Å². The number of carboxylic acid groups (broad SMARTS) is 1. The van der Waals surface area contributed by atoms with Crippen molar-refractivity contribution in [1.29, 1.82) is 0 Å². The Balaban J connectivity index is 3.74. The van der Waals surface area contributed by atoms with Gasteiger partial charge in [0.15, 0.2) is 6.10 Å². The average Bonchev–Trinajstić information content (AvgIpc) is 2.15. The van der Waals surface area contributed by atoms with E-state index in [2.05, 4.69) is 10.1 Å². The van der Waals surface area contributed by atoms with Crippen molar-refractivity contribution < 1.29 is 19.4 Å². The first-order valence-electron chi connectivity index (χ1n) is 4.64. The molecule has 1 amide bonds. The van der Waals surface area contributed by atoms with Gasteiger partial charge in [-0.05, 0) is 14.1 Å². The summed E-state index contributed by atoms with van der Waals surface area (Å²) in [7, 11) is 5.02. The molecule has 0 aliphatic heterocycles. The van der Waals surface area contributed by atoms with Crippen molar-refractivity contribution in [3.8, 4) is 0 Å². The monoisotopic (exact) mass is 218 g/mol. The van der Waals surface area contributed by atoms with Gasteiger partial charge in [-0.15, -0.1) is 0 Å². The van der Waals surface area contributed by atoms with Gasteiger partial charge in [0.1, 0.15) is 0 Å². The summed E-state index contributed by atoms with van der Waals surface area (Å²) >= 11 is 0. The van der Waals surface area contributed by atoms with E-state index < -0.39 is 12.1 Å². The number of rotatable bonds is 7. The highest BCUT2D eigenvalue weighted by molar-refractivity contribution is 5.78. The first kappa shape index (κ1) is 13.9. The fourth-order valence-electron chi connectivity index (χ4n) is 0.892. The fraction of sp³-hybridized carbons (Fsp3) is 0.778. The molecule has 0 aliphatic carbocycles. The molecule has 2 N–H and O–H groups in total. The fourth-order valence-corrected chi connectivity index (χ4v) is 0.892. The van der Waals surface area contributed by atoms with Crippen LogP contribution >= 0.6 is 0 Å². The second-order valence-electron chi connectivity index (χ2n) is 3.42. The van der Waals surface area contributed by atoms with E-state index in [0.29, 0.717) is 13.0 Å². The third kappa shape index (κ3) is 6.87. The number of nitrogens with zero attached hydrogens (tertiary/aromatic N) is 1. The molecule has 0 spiro atoms. The predicted octanol–water partition coefficient (Wildman–Crippen LogP) is -0.846. The number of amides is 1. The van der Waals surface area contributed by atoms with Crippen LogP contribution < -0.4 is 5.32 Å². The van der Waals surface area contributed by atoms with Crippen molar-refractivity contribution >= 4 is 11.9 Å². The third-order valence-corrected chi connectivity index (χ3v) is 1.83. The molecule has 0 aliphatic rings. The van der Waals surface area contributed by atoms with Crippen molar-refractivity contribution in [3.63, 3.8) is 0 Å². The Kier molecular flexibility index (Phi) is 6.64. The Morgan fingerprint density at radius 3 is 2.47 bits per heavy atom. The molecule has 0 aromatic carbocycles. The van der Waals surface area contributed by atoms with Gasteiger partial charge in [0.25, 0.3) is 0 Å². The molecule has 0 fully saturated rings. The summed E-state index contributed by atoms with van der Waals surface area (Å²) in [6, 6.07) is 0. The average molecular weight is 218 g/mol. The maximum absolute atomic E-state index is 11.2. The highest BCUT2D eigenvalue weighted by Gasteiger charge is 2.16. The smallest absolute Gasteiger partial charge is 0.334 e. The zero-order valence-corrected chi connectivity index (χ0v) is 9.32. The minimum atomic E-state index is -1.08. The first-order valence-corrected chi connectivity index (χ1v) is 4.64. The van der Waals surface area contributed by atoms with Gasteiger partial charge in [-0.25, -0.2) is 4.79 Å². The SMILES string of the molecule is COC(CNC(=O)CCN(C)C)C(=O)O. The van der Waals surface area contributed by atoms with E-state index in [-0.39, 0.29) is 12.5 Å². The number of nitrogens with one attached hydrogen (secondary N) is 1. The lowest BCUT2D eigenvalue weighted by molar-refractivity contribution is -0.148. The first-order chi connectivity index (χ1) is 6.97. The molecule has 6 nitrogen and oxygen atoms in total. The van der Waals surface area contributed by atoms with Gasteiger partial charge in [0, 0.05) is 20.1 Å². The topological polar surface area (TPSA) is 78.9 Å². The molecule has 1 atom stereocenters. The van der Waals surface area contributed by atoms with Crippen molar-refractivity contribution in [3.05, 3.63) is 0 Å². The summed E-state index contributed by atoms with van der Waals surface area (Å²) < 4.78 is 4.66. The number of methoxy groups -OCH3 is 1. The number of carbonyl (C=O) groups excluding carboxylic acids is 1. The summed E-state index contributed by atoms with van der Waals surface area (Å²) in [5, 5.41) is 11.1. The third-order valence-electron chi connectivity index (χ3n) is 1.83. The van der Waals surface area contributed by atoms with Gasteiger partial charge >= 0.3 is 5.97 Å². The summed E-state index contributed by atoms with van der Waals surface area (Å²) in [6.07, 6.45) is -0.628. The van der Waals surface area contributed by atoms with Gasteiger partial charge < -0.3 is 20.1 Å². The molecule has 0 radical (unpaired) electrons. The van der Waals surface area contributed by atoms with E-state index in [0.717, 1.165) is 0 Å². The van der Waals surface area contributed by atoms with Crippen molar-refractivity contribution in [2.24, 2.45) is 0 Å².